The van der Waals surface area contributed by atoms with Crippen LogP contribution < -0.4 is 15.4 Å². The molecule has 3 rings (SSSR count). The highest BCUT2D eigenvalue weighted by atomic mass is 32.1. The molecule has 7 heteroatoms. The highest BCUT2D eigenvalue weighted by Crippen LogP contribution is 2.25. The van der Waals surface area contributed by atoms with Gasteiger partial charge in [0.25, 0.3) is 5.91 Å². The second kappa shape index (κ2) is 13.0. The van der Waals surface area contributed by atoms with Crippen LogP contribution in [0.15, 0.2) is 52.4 Å². The lowest BCUT2D eigenvalue weighted by molar-refractivity contribution is 0.102. The summed E-state index contributed by atoms with van der Waals surface area (Å²) in [6.45, 7) is 0. The summed E-state index contributed by atoms with van der Waals surface area (Å²) in [4.78, 5) is 19.1. The molecule has 0 heterocycles. The number of hydrogen-bond acceptors (Lipinski definition) is 5. The third kappa shape index (κ3) is 9.02. The van der Waals surface area contributed by atoms with E-state index in [-0.39, 0.29) is 5.91 Å². The lowest BCUT2D eigenvalue weighted by atomic mass is 9.98. The maximum absolute atomic E-state index is 12.5. The van der Waals surface area contributed by atoms with Gasteiger partial charge in [0.2, 0.25) is 0 Å². The molecule has 0 aromatic heterocycles. The number of rotatable bonds is 6. The molecule has 0 aliphatic heterocycles. The van der Waals surface area contributed by atoms with Crippen LogP contribution in [0.3, 0.4) is 0 Å². The maximum Gasteiger partial charge on any atom is 0.255 e. The molecule has 2 aromatic carbocycles. The molecular weight excluding hydrogens is 408 g/mol. The number of benzene rings is 2. The first-order valence-electron chi connectivity index (χ1n) is 10.6. The molecule has 0 spiro atoms. The SMILES string of the molecule is CN(C)C.CN=CNc1ccc(NC(=O)c2ccc(OC3CCCCC3)cc2)cc1S. The highest BCUT2D eigenvalue weighted by molar-refractivity contribution is 7.80. The number of hydrogen-bond donors (Lipinski definition) is 3. The fraction of sp³-hybridized carbons (Fsp3) is 0.417. The Morgan fingerprint density at radius 1 is 1.10 bits per heavy atom. The van der Waals surface area contributed by atoms with Crippen LogP contribution in [0.1, 0.15) is 42.5 Å². The molecule has 31 heavy (non-hydrogen) atoms. The minimum absolute atomic E-state index is 0.164. The number of anilines is 2. The first kappa shape index (κ1) is 24.8. The van der Waals surface area contributed by atoms with Gasteiger partial charge < -0.3 is 20.3 Å². The van der Waals surface area contributed by atoms with Crippen molar-refractivity contribution >= 4 is 36.2 Å². The monoisotopic (exact) mass is 442 g/mol. The van der Waals surface area contributed by atoms with Crippen LogP contribution in [0, 0.1) is 0 Å². The number of nitrogens with zero attached hydrogens (tertiary/aromatic N) is 2. The molecule has 0 unspecified atom stereocenters. The van der Waals surface area contributed by atoms with E-state index in [1.165, 1.54) is 19.3 Å². The summed E-state index contributed by atoms with van der Waals surface area (Å²) < 4.78 is 6.01. The minimum Gasteiger partial charge on any atom is -0.490 e. The van der Waals surface area contributed by atoms with Gasteiger partial charge in [-0.15, -0.1) is 12.6 Å². The van der Waals surface area contributed by atoms with E-state index in [9.17, 15) is 4.79 Å². The summed E-state index contributed by atoms with van der Waals surface area (Å²) in [7, 11) is 7.69. The van der Waals surface area contributed by atoms with Crippen molar-refractivity contribution in [2.75, 3.05) is 38.8 Å². The molecule has 1 fully saturated rings. The van der Waals surface area contributed by atoms with Gasteiger partial charge in [0.05, 0.1) is 18.1 Å². The summed E-state index contributed by atoms with van der Waals surface area (Å²) in [6.07, 6.45) is 7.89. The third-order valence-corrected chi connectivity index (χ3v) is 4.95. The lowest BCUT2D eigenvalue weighted by Crippen LogP contribution is -2.19. The molecule has 1 aliphatic rings. The quantitative estimate of drug-likeness (QED) is 0.327. The van der Waals surface area contributed by atoms with Crippen LogP contribution in [0.25, 0.3) is 0 Å². The Morgan fingerprint density at radius 2 is 1.74 bits per heavy atom. The molecule has 0 atom stereocenters. The number of carbonyl (C=O) groups excluding carboxylic acids is 1. The second-order valence-corrected chi connectivity index (χ2v) is 8.44. The van der Waals surface area contributed by atoms with Crippen molar-refractivity contribution in [2.45, 2.75) is 43.1 Å². The summed E-state index contributed by atoms with van der Waals surface area (Å²) in [5.74, 6) is 0.659. The lowest BCUT2D eigenvalue weighted by Gasteiger charge is -2.23. The summed E-state index contributed by atoms with van der Waals surface area (Å²) in [5, 5.41) is 5.91. The Bertz CT molecular complexity index is 844. The Balaban J connectivity index is 0.000000785. The van der Waals surface area contributed by atoms with Crippen LogP contribution >= 0.6 is 12.6 Å². The van der Waals surface area contributed by atoms with Crippen molar-refractivity contribution in [3.63, 3.8) is 0 Å². The molecule has 2 aromatic rings. The van der Waals surface area contributed by atoms with E-state index in [0.717, 1.165) is 29.2 Å². The fourth-order valence-electron chi connectivity index (χ4n) is 3.13. The van der Waals surface area contributed by atoms with Crippen LogP contribution in [-0.4, -0.2) is 51.4 Å². The van der Waals surface area contributed by atoms with E-state index in [0.29, 0.717) is 17.4 Å². The van der Waals surface area contributed by atoms with Gasteiger partial charge in [-0.25, -0.2) is 0 Å². The van der Waals surface area contributed by atoms with Gasteiger partial charge in [-0.1, -0.05) is 6.42 Å². The molecule has 0 saturated heterocycles. The van der Waals surface area contributed by atoms with Gasteiger partial charge in [0, 0.05) is 23.2 Å². The number of thiol groups is 1. The number of aliphatic imine (C=N–C) groups is 1. The van der Waals surface area contributed by atoms with Gasteiger partial charge in [-0.2, -0.15) is 0 Å². The van der Waals surface area contributed by atoms with Gasteiger partial charge in [0.15, 0.2) is 0 Å². The maximum atomic E-state index is 12.5. The zero-order valence-electron chi connectivity index (χ0n) is 18.9. The number of ether oxygens (including phenoxy) is 1. The van der Waals surface area contributed by atoms with Gasteiger partial charge in [-0.3, -0.25) is 9.79 Å². The molecule has 6 nitrogen and oxygen atoms in total. The zero-order valence-corrected chi connectivity index (χ0v) is 19.8. The molecule has 168 valence electrons. The molecule has 2 N–H and O–H groups in total. The van der Waals surface area contributed by atoms with Gasteiger partial charge in [0.1, 0.15) is 5.75 Å². The number of amides is 1. The first-order chi connectivity index (χ1) is 14.9. The predicted octanol–water partition coefficient (Wildman–Crippen LogP) is 5.19. The smallest absolute Gasteiger partial charge is 0.255 e. The largest absolute Gasteiger partial charge is 0.490 e. The Kier molecular flexibility index (Phi) is 10.4. The summed E-state index contributed by atoms with van der Waals surface area (Å²) in [6, 6.07) is 12.8. The van der Waals surface area contributed by atoms with Crippen molar-refractivity contribution in [3.8, 4) is 5.75 Å². The van der Waals surface area contributed by atoms with E-state index in [2.05, 4.69) is 28.3 Å². The van der Waals surface area contributed by atoms with E-state index in [4.69, 9.17) is 4.74 Å². The van der Waals surface area contributed by atoms with Crippen molar-refractivity contribution in [1.82, 2.24) is 4.90 Å². The molecule has 1 saturated carbocycles. The van der Waals surface area contributed by atoms with Crippen molar-refractivity contribution in [1.29, 1.82) is 0 Å². The number of nitrogens with one attached hydrogen (secondary N) is 2. The standard InChI is InChI=1S/C21H25N3O2S.C3H9N/c1-22-14-23-19-12-9-16(13-20(19)27)24-21(25)15-7-10-18(11-8-15)26-17-5-3-2-4-6-17;1-4(2)3/h7-14,17,27H,2-6H2,1H3,(H,22,23)(H,24,25);1-3H3. The van der Waals surface area contributed by atoms with E-state index in [1.807, 2.05) is 50.3 Å². The molecule has 0 radical (unpaired) electrons. The predicted molar refractivity (Wildman–Crippen MR) is 133 cm³/mol. The Morgan fingerprint density at radius 3 is 2.32 bits per heavy atom. The van der Waals surface area contributed by atoms with E-state index >= 15 is 0 Å². The molecule has 1 amide bonds. The average Bonchev–Trinajstić information content (AvgIpc) is 2.74. The van der Waals surface area contributed by atoms with Crippen LogP contribution in [-0.2, 0) is 0 Å². The van der Waals surface area contributed by atoms with Crippen molar-refractivity contribution in [3.05, 3.63) is 48.0 Å². The topological polar surface area (TPSA) is 66.0 Å². The zero-order chi connectivity index (χ0) is 22.6. The van der Waals surface area contributed by atoms with Gasteiger partial charge in [-0.05, 0) is 89.3 Å². The second-order valence-electron chi connectivity index (χ2n) is 7.96. The van der Waals surface area contributed by atoms with Crippen LogP contribution in [0.5, 0.6) is 5.75 Å². The third-order valence-electron chi connectivity index (χ3n) is 4.58. The van der Waals surface area contributed by atoms with Crippen LogP contribution in [0.2, 0.25) is 0 Å². The first-order valence-corrected chi connectivity index (χ1v) is 11.0. The summed E-state index contributed by atoms with van der Waals surface area (Å²) >= 11 is 4.43. The highest BCUT2D eigenvalue weighted by Gasteiger charge is 2.15. The van der Waals surface area contributed by atoms with Crippen molar-refractivity contribution in [2.24, 2.45) is 4.99 Å². The van der Waals surface area contributed by atoms with E-state index < -0.39 is 0 Å². The molecular formula is C24H34N4O2S. The average molecular weight is 443 g/mol. The molecule has 1 aliphatic carbocycles. The Hall–Kier alpha value is -2.51. The summed E-state index contributed by atoms with van der Waals surface area (Å²) in [5.41, 5.74) is 2.10. The van der Waals surface area contributed by atoms with E-state index in [1.54, 1.807) is 31.6 Å². The molecule has 0 bridgehead atoms. The van der Waals surface area contributed by atoms with Crippen molar-refractivity contribution < 1.29 is 9.53 Å². The normalized spacial score (nSPS) is 14.1. The minimum atomic E-state index is -0.164. The Labute approximate surface area is 191 Å². The van der Waals surface area contributed by atoms with Crippen LogP contribution in [0.4, 0.5) is 11.4 Å². The fourth-order valence-corrected chi connectivity index (χ4v) is 3.41. The number of carbonyl (C=O) groups is 1. The van der Waals surface area contributed by atoms with Gasteiger partial charge >= 0.3 is 0 Å².